The summed E-state index contributed by atoms with van der Waals surface area (Å²) < 4.78 is 35.2. The number of aromatic nitrogens is 2. The molecular formula is C7H6F3N3O2. The number of carboxylic acid groups (broad SMARTS) is 1. The molecule has 1 rings (SSSR count). The molecule has 15 heavy (non-hydrogen) atoms. The van der Waals surface area contributed by atoms with Crippen molar-refractivity contribution in [1.29, 1.82) is 0 Å². The number of carboxylic acids is 1. The number of rotatable bonds is 3. The molecule has 0 bridgehead atoms. The van der Waals surface area contributed by atoms with Crippen LogP contribution in [0.1, 0.15) is 10.5 Å². The van der Waals surface area contributed by atoms with Gasteiger partial charge in [-0.3, -0.25) is 0 Å². The molecule has 82 valence electrons. The van der Waals surface area contributed by atoms with Crippen molar-refractivity contribution in [2.75, 3.05) is 11.9 Å². The van der Waals surface area contributed by atoms with Gasteiger partial charge in [-0.2, -0.15) is 13.2 Å². The third-order valence-electron chi connectivity index (χ3n) is 1.35. The maximum atomic E-state index is 11.7. The van der Waals surface area contributed by atoms with E-state index in [1.54, 1.807) is 0 Å². The lowest BCUT2D eigenvalue weighted by Crippen LogP contribution is -2.22. The van der Waals surface area contributed by atoms with Gasteiger partial charge in [0.1, 0.15) is 12.4 Å². The van der Waals surface area contributed by atoms with Crippen LogP contribution in [0.4, 0.5) is 19.0 Å². The zero-order chi connectivity index (χ0) is 11.5. The third-order valence-corrected chi connectivity index (χ3v) is 1.35. The molecule has 0 saturated carbocycles. The van der Waals surface area contributed by atoms with Gasteiger partial charge in [0.2, 0.25) is 0 Å². The van der Waals surface area contributed by atoms with Gasteiger partial charge in [-0.05, 0) is 12.1 Å². The first-order valence-electron chi connectivity index (χ1n) is 3.76. The topological polar surface area (TPSA) is 75.1 Å². The zero-order valence-electron chi connectivity index (χ0n) is 7.25. The number of carbonyl (C=O) groups is 1. The highest BCUT2D eigenvalue weighted by Crippen LogP contribution is 2.14. The van der Waals surface area contributed by atoms with Crippen LogP contribution in [0.25, 0.3) is 0 Å². The lowest BCUT2D eigenvalue weighted by atomic mass is 10.4. The minimum absolute atomic E-state index is 0.127. The molecule has 0 aliphatic heterocycles. The van der Waals surface area contributed by atoms with Crippen LogP contribution in [0.3, 0.4) is 0 Å². The van der Waals surface area contributed by atoms with Crippen molar-refractivity contribution in [3.05, 3.63) is 17.8 Å². The van der Waals surface area contributed by atoms with Crippen LogP contribution in [-0.4, -0.2) is 34.0 Å². The zero-order valence-corrected chi connectivity index (χ0v) is 7.25. The molecule has 1 aromatic heterocycles. The molecule has 1 heterocycles. The Morgan fingerprint density at radius 1 is 1.40 bits per heavy atom. The van der Waals surface area contributed by atoms with Crippen LogP contribution in [0, 0.1) is 0 Å². The monoisotopic (exact) mass is 221 g/mol. The normalized spacial score (nSPS) is 11.1. The minimum Gasteiger partial charge on any atom is -0.476 e. The Morgan fingerprint density at radius 3 is 2.47 bits per heavy atom. The molecule has 0 radical (unpaired) electrons. The molecule has 0 amide bonds. The molecule has 0 unspecified atom stereocenters. The minimum atomic E-state index is -4.35. The van der Waals surface area contributed by atoms with Gasteiger partial charge in [-0.1, -0.05) is 0 Å². The van der Waals surface area contributed by atoms with E-state index < -0.39 is 18.7 Å². The molecule has 0 spiro atoms. The molecule has 2 N–H and O–H groups in total. The first-order chi connectivity index (χ1) is 6.88. The Labute approximate surface area is 81.9 Å². The molecule has 0 aromatic carbocycles. The van der Waals surface area contributed by atoms with Crippen molar-refractivity contribution >= 4 is 11.8 Å². The molecule has 0 saturated heterocycles. The predicted molar refractivity (Wildman–Crippen MR) is 43.5 cm³/mol. The Morgan fingerprint density at radius 2 is 2.07 bits per heavy atom. The smallest absolute Gasteiger partial charge is 0.405 e. The van der Waals surface area contributed by atoms with Gasteiger partial charge >= 0.3 is 12.1 Å². The summed E-state index contributed by atoms with van der Waals surface area (Å²) in [7, 11) is 0. The second kappa shape index (κ2) is 4.11. The fourth-order valence-corrected chi connectivity index (χ4v) is 0.731. The van der Waals surface area contributed by atoms with Crippen molar-refractivity contribution in [2.24, 2.45) is 0 Å². The van der Waals surface area contributed by atoms with Gasteiger partial charge in [0.25, 0.3) is 0 Å². The lowest BCUT2D eigenvalue weighted by Gasteiger charge is -2.07. The predicted octanol–water partition coefficient (Wildman–Crippen LogP) is 1.15. The molecule has 0 fully saturated rings. The van der Waals surface area contributed by atoms with Crippen molar-refractivity contribution in [3.8, 4) is 0 Å². The Bertz CT molecular complexity index is 349. The van der Waals surface area contributed by atoms with E-state index in [4.69, 9.17) is 5.11 Å². The number of halogens is 3. The fourth-order valence-electron chi connectivity index (χ4n) is 0.731. The van der Waals surface area contributed by atoms with E-state index in [-0.39, 0.29) is 11.5 Å². The Hall–Kier alpha value is -1.86. The molecule has 5 nitrogen and oxygen atoms in total. The summed E-state index contributed by atoms with van der Waals surface area (Å²) in [6.45, 7) is -1.24. The van der Waals surface area contributed by atoms with Crippen molar-refractivity contribution in [2.45, 2.75) is 6.18 Å². The highest BCUT2D eigenvalue weighted by Gasteiger charge is 2.26. The van der Waals surface area contributed by atoms with Gasteiger partial charge < -0.3 is 10.4 Å². The van der Waals surface area contributed by atoms with Crippen LogP contribution in [-0.2, 0) is 0 Å². The summed E-state index contributed by atoms with van der Waals surface area (Å²) in [6, 6.07) is 2.18. The van der Waals surface area contributed by atoms with Gasteiger partial charge in [0, 0.05) is 0 Å². The average molecular weight is 221 g/mol. The summed E-state index contributed by atoms with van der Waals surface area (Å²) in [5.74, 6) is -1.41. The summed E-state index contributed by atoms with van der Waals surface area (Å²) >= 11 is 0. The van der Waals surface area contributed by atoms with Crippen LogP contribution in [0.5, 0.6) is 0 Å². The number of hydrogen-bond acceptors (Lipinski definition) is 4. The van der Waals surface area contributed by atoms with E-state index in [9.17, 15) is 18.0 Å². The number of nitrogens with zero attached hydrogens (tertiary/aromatic N) is 2. The largest absolute Gasteiger partial charge is 0.476 e. The third kappa shape index (κ3) is 3.79. The maximum Gasteiger partial charge on any atom is 0.405 e. The summed E-state index contributed by atoms with van der Waals surface area (Å²) in [5.41, 5.74) is -0.326. The first-order valence-corrected chi connectivity index (χ1v) is 3.76. The van der Waals surface area contributed by atoms with E-state index in [0.29, 0.717) is 0 Å². The van der Waals surface area contributed by atoms with Crippen molar-refractivity contribution in [1.82, 2.24) is 10.2 Å². The van der Waals surface area contributed by atoms with E-state index >= 15 is 0 Å². The summed E-state index contributed by atoms with van der Waals surface area (Å²) in [6.07, 6.45) is -4.35. The quantitative estimate of drug-likeness (QED) is 0.800. The molecule has 8 heteroatoms. The van der Waals surface area contributed by atoms with Crippen molar-refractivity contribution in [3.63, 3.8) is 0 Å². The average Bonchev–Trinajstić information content (AvgIpc) is 2.14. The van der Waals surface area contributed by atoms with Gasteiger partial charge in [0.05, 0.1) is 0 Å². The second-order valence-electron chi connectivity index (χ2n) is 2.58. The van der Waals surface area contributed by atoms with Crippen molar-refractivity contribution < 1.29 is 23.1 Å². The Kier molecular flexibility index (Phi) is 3.08. The van der Waals surface area contributed by atoms with Gasteiger partial charge in [-0.15, -0.1) is 10.2 Å². The van der Waals surface area contributed by atoms with E-state index in [1.807, 2.05) is 5.32 Å². The number of aromatic carboxylic acids is 1. The Balaban J connectivity index is 2.61. The molecular weight excluding hydrogens is 215 g/mol. The highest BCUT2D eigenvalue weighted by atomic mass is 19.4. The number of anilines is 1. The number of hydrogen-bond donors (Lipinski definition) is 2. The van der Waals surface area contributed by atoms with Gasteiger partial charge in [0.15, 0.2) is 5.69 Å². The molecule has 0 aliphatic rings. The molecule has 1 aromatic rings. The highest BCUT2D eigenvalue weighted by molar-refractivity contribution is 5.85. The summed E-state index contributed by atoms with van der Waals surface area (Å²) in [5, 5.41) is 16.9. The number of nitrogens with one attached hydrogen (secondary N) is 1. The van der Waals surface area contributed by atoms with E-state index in [0.717, 1.165) is 12.1 Å². The van der Waals surface area contributed by atoms with E-state index in [2.05, 4.69) is 10.2 Å². The SMILES string of the molecule is O=C(O)c1ccc(NCC(F)(F)F)nn1. The molecule has 0 aliphatic carbocycles. The first kappa shape index (κ1) is 11.2. The fraction of sp³-hybridized carbons (Fsp3) is 0.286. The maximum absolute atomic E-state index is 11.7. The number of alkyl halides is 3. The van der Waals surface area contributed by atoms with Crippen LogP contribution >= 0.6 is 0 Å². The summed E-state index contributed by atoms with van der Waals surface area (Å²) in [4.78, 5) is 10.3. The van der Waals surface area contributed by atoms with Crippen LogP contribution in [0.2, 0.25) is 0 Å². The second-order valence-corrected chi connectivity index (χ2v) is 2.58. The van der Waals surface area contributed by atoms with E-state index in [1.165, 1.54) is 0 Å². The van der Waals surface area contributed by atoms with Crippen LogP contribution < -0.4 is 5.32 Å². The van der Waals surface area contributed by atoms with Crippen LogP contribution in [0.15, 0.2) is 12.1 Å². The standard InChI is InChI=1S/C7H6F3N3O2/c8-7(9,10)3-11-5-2-1-4(6(14)15)12-13-5/h1-2H,3H2,(H,11,13)(H,14,15). The lowest BCUT2D eigenvalue weighted by molar-refractivity contribution is -0.115. The molecule has 0 atom stereocenters. The van der Waals surface area contributed by atoms with Gasteiger partial charge in [-0.25, -0.2) is 4.79 Å².